The Morgan fingerprint density at radius 3 is 2.73 bits per heavy atom. The zero-order valence-electron chi connectivity index (χ0n) is 6.40. The van der Waals surface area contributed by atoms with Gasteiger partial charge in [-0.15, -0.1) is 0 Å². The fraction of sp³-hybridized carbons (Fsp3) is 1.00. The zero-order valence-corrected chi connectivity index (χ0v) is 6.40. The molecule has 0 saturated carbocycles. The number of rotatable bonds is 2. The van der Waals surface area contributed by atoms with Crippen LogP contribution in [0.25, 0.3) is 0 Å². The van der Waals surface area contributed by atoms with Gasteiger partial charge in [0.25, 0.3) is 0 Å². The molecule has 4 heteroatoms. The van der Waals surface area contributed by atoms with Crippen LogP contribution in [0.15, 0.2) is 0 Å². The predicted octanol–water partition coefficient (Wildman–Crippen LogP) is -0.493. The lowest BCUT2D eigenvalue weighted by Gasteiger charge is -2.12. The second-order valence-electron chi connectivity index (χ2n) is 2.99. The van der Waals surface area contributed by atoms with Gasteiger partial charge in [0.15, 0.2) is 0 Å². The van der Waals surface area contributed by atoms with Gasteiger partial charge in [-0.3, -0.25) is 0 Å². The van der Waals surface area contributed by atoms with Crippen LogP contribution in [-0.2, 0) is 14.2 Å². The smallest absolute Gasteiger partial charge is 0.147 e. The highest BCUT2D eigenvalue weighted by atomic mass is 16.7. The zero-order chi connectivity index (χ0) is 7.84. The summed E-state index contributed by atoms with van der Waals surface area (Å²) in [6, 6.07) is 0. The fourth-order valence-electron chi connectivity index (χ4n) is 1.32. The van der Waals surface area contributed by atoms with E-state index < -0.39 is 6.10 Å². The van der Waals surface area contributed by atoms with Crippen molar-refractivity contribution in [2.45, 2.75) is 31.3 Å². The van der Waals surface area contributed by atoms with E-state index in [1.54, 1.807) is 0 Å². The Balaban J connectivity index is 1.84. The number of aliphatic hydroxyl groups is 1. The molecule has 0 amide bonds. The molecule has 0 aromatic rings. The van der Waals surface area contributed by atoms with Crippen LogP contribution in [0, 0.1) is 0 Å². The van der Waals surface area contributed by atoms with Crippen molar-refractivity contribution < 1.29 is 19.3 Å². The lowest BCUT2D eigenvalue weighted by atomic mass is 10.1. The Bertz CT molecular complexity index is 143. The summed E-state index contributed by atoms with van der Waals surface area (Å²) in [4.78, 5) is 0. The molecule has 0 aromatic heterocycles. The minimum atomic E-state index is -0.521. The largest absolute Gasteiger partial charge is 0.387 e. The maximum absolute atomic E-state index is 9.53. The summed E-state index contributed by atoms with van der Waals surface area (Å²) in [5.74, 6) is 0. The maximum Gasteiger partial charge on any atom is 0.147 e. The number of hydrogen-bond acceptors (Lipinski definition) is 4. The molecule has 11 heavy (non-hydrogen) atoms. The van der Waals surface area contributed by atoms with Crippen molar-refractivity contribution in [1.82, 2.24) is 0 Å². The van der Waals surface area contributed by atoms with Crippen LogP contribution in [0.5, 0.6) is 0 Å². The van der Waals surface area contributed by atoms with Crippen LogP contribution in [0.1, 0.15) is 6.92 Å². The summed E-state index contributed by atoms with van der Waals surface area (Å²) in [6.45, 7) is 2.71. The average molecular weight is 160 g/mol. The lowest BCUT2D eigenvalue weighted by molar-refractivity contribution is -0.0199. The van der Waals surface area contributed by atoms with Gasteiger partial charge in [0.05, 0.1) is 12.7 Å². The third-order valence-electron chi connectivity index (χ3n) is 2.12. The van der Waals surface area contributed by atoms with Gasteiger partial charge in [-0.1, -0.05) is 0 Å². The van der Waals surface area contributed by atoms with Crippen LogP contribution in [-0.4, -0.2) is 42.9 Å². The molecule has 2 heterocycles. The van der Waals surface area contributed by atoms with Crippen molar-refractivity contribution in [3.05, 3.63) is 0 Å². The number of aliphatic hydroxyl groups excluding tert-OH is 1. The van der Waals surface area contributed by atoms with Crippen LogP contribution in [0.4, 0.5) is 0 Å². The van der Waals surface area contributed by atoms with E-state index in [0.717, 1.165) is 0 Å². The summed E-state index contributed by atoms with van der Waals surface area (Å²) in [6.07, 6.45) is -0.576. The van der Waals surface area contributed by atoms with Gasteiger partial charge >= 0.3 is 0 Å². The monoisotopic (exact) mass is 160 g/mol. The first-order valence-corrected chi connectivity index (χ1v) is 3.82. The molecule has 0 aromatic carbocycles. The highest BCUT2D eigenvalue weighted by Crippen LogP contribution is 2.28. The summed E-state index contributed by atoms with van der Waals surface area (Å²) in [7, 11) is 0. The molecule has 0 spiro atoms. The molecule has 2 saturated heterocycles. The lowest BCUT2D eigenvalue weighted by Crippen LogP contribution is -2.33. The highest BCUT2D eigenvalue weighted by molar-refractivity contribution is 4.92. The predicted molar refractivity (Wildman–Crippen MR) is 36.0 cm³/mol. The molecule has 2 fully saturated rings. The van der Waals surface area contributed by atoms with Gasteiger partial charge in [-0.2, -0.15) is 0 Å². The van der Waals surface area contributed by atoms with E-state index in [2.05, 4.69) is 0 Å². The van der Waals surface area contributed by atoms with Crippen molar-refractivity contribution in [1.29, 1.82) is 0 Å². The topological polar surface area (TPSA) is 51.2 Å². The van der Waals surface area contributed by atoms with Gasteiger partial charge < -0.3 is 19.3 Å². The molecule has 0 aliphatic carbocycles. The maximum atomic E-state index is 9.53. The third kappa shape index (κ3) is 1.39. The van der Waals surface area contributed by atoms with Crippen LogP contribution < -0.4 is 0 Å². The number of ether oxygens (including phenoxy) is 3. The SMILES string of the molecule is CC1OC1C(O)C1COCO1. The fourth-order valence-corrected chi connectivity index (χ4v) is 1.32. The van der Waals surface area contributed by atoms with Crippen LogP contribution in [0.3, 0.4) is 0 Å². The molecular weight excluding hydrogens is 148 g/mol. The quantitative estimate of drug-likeness (QED) is 0.554. The van der Waals surface area contributed by atoms with Gasteiger partial charge in [0, 0.05) is 0 Å². The van der Waals surface area contributed by atoms with Gasteiger partial charge in [0.1, 0.15) is 25.1 Å². The summed E-state index contributed by atoms with van der Waals surface area (Å²) >= 11 is 0. The van der Waals surface area contributed by atoms with E-state index in [-0.39, 0.29) is 18.3 Å². The van der Waals surface area contributed by atoms with Crippen molar-refractivity contribution in [3.8, 4) is 0 Å². The summed E-state index contributed by atoms with van der Waals surface area (Å²) in [5.41, 5.74) is 0. The minimum absolute atomic E-state index is 0.0401. The normalized spacial score (nSPS) is 45.8. The standard InChI is InChI=1S/C7H12O4/c1-4-7(11-4)6(8)5-2-9-3-10-5/h4-8H,2-3H2,1H3. The third-order valence-corrected chi connectivity index (χ3v) is 2.12. The first-order valence-electron chi connectivity index (χ1n) is 3.82. The van der Waals surface area contributed by atoms with E-state index in [9.17, 15) is 5.11 Å². The molecule has 0 radical (unpaired) electrons. The average Bonchev–Trinajstić information content (AvgIpc) is 2.56. The second kappa shape index (κ2) is 2.71. The highest BCUT2D eigenvalue weighted by Gasteiger charge is 2.45. The molecule has 1 N–H and O–H groups in total. The molecule has 4 unspecified atom stereocenters. The molecule has 2 rings (SSSR count). The Kier molecular flexibility index (Phi) is 1.85. The number of epoxide rings is 1. The molecule has 2 aliphatic heterocycles. The van der Waals surface area contributed by atoms with Gasteiger partial charge in [-0.05, 0) is 6.92 Å². The van der Waals surface area contributed by atoms with Crippen LogP contribution >= 0.6 is 0 Å². The van der Waals surface area contributed by atoms with Gasteiger partial charge in [-0.25, -0.2) is 0 Å². The van der Waals surface area contributed by atoms with Crippen molar-refractivity contribution >= 4 is 0 Å². The van der Waals surface area contributed by atoms with E-state index in [1.165, 1.54) is 0 Å². The van der Waals surface area contributed by atoms with E-state index in [4.69, 9.17) is 14.2 Å². The molecule has 2 aliphatic rings. The van der Waals surface area contributed by atoms with E-state index in [0.29, 0.717) is 13.4 Å². The Morgan fingerprint density at radius 1 is 1.55 bits per heavy atom. The molecule has 4 nitrogen and oxygen atoms in total. The van der Waals surface area contributed by atoms with E-state index in [1.807, 2.05) is 6.92 Å². The Hall–Kier alpha value is -0.160. The molecule has 0 bridgehead atoms. The van der Waals surface area contributed by atoms with E-state index >= 15 is 0 Å². The Morgan fingerprint density at radius 2 is 2.27 bits per heavy atom. The molecule has 4 atom stereocenters. The van der Waals surface area contributed by atoms with Crippen molar-refractivity contribution in [2.75, 3.05) is 13.4 Å². The second-order valence-corrected chi connectivity index (χ2v) is 2.99. The Labute approximate surface area is 65.1 Å². The van der Waals surface area contributed by atoms with Crippen molar-refractivity contribution in [2.24, 2.45) is 0 Å². The first-order chi connectivity index (χ1) is 5.29. The molecular formula is C7H12O4. The number of hydrogen-bond donors (Lipinski definition) is 1. The summed E-state index contributed by atoms with van der Waals surface area (Å²) < 4.78 is 15.2. The van der Waals surface area contributed by atoms with Gasteiger partial charge in [0.2, 0.25) is 0 Å². The van der Waals surface area contributed by atoms with Crippen LogP contribution in [0.2, 0.25) is 0 Å². The first kappa shape index (κ1) is 7.49. The van der Waals surface area contributed by atoms with Crippen molar-refractivity contribution in [3.63, 3.8) is 0 Å². The minimum Gasteiger partial charge on any atom is -0.387 e. The molecule has 64 valence electrons. The summed E-state index contributed by atoms with van der Waals surface area (Å²) in [5, 5.41) is 9.53.